The van der Waals surface area contributed by atoms with E-state index in [2.05, 4.69) is 62.2 Å². The molecule has 7 nitrogen and oxygen atoms in total. The summed E-state index contributed by atoms with van der Waals surface area (Å²) in [5.41, 5.74) is 0. The van der Waals surface area contributed by atoms with E-state index in [0.717, 1.165) is 77.4 Å². The van der Waals surface area contributed by atoms with Crippen molar-refractivity contribution in [3.05, 3.63) is 24.3 Å². The maximum Gasteiger partial charge on any atom is 0.307 e. The summed E-state index contributed by atoms with van der Waals surface area (Å²) in [4.78, 5) is 40.1. The summed E-state index contributed by atoms with van der Waals surface area (Å²) in [5.74, 6) is -0.669. The monoisotopic (exact) mass is 761 g/mol. The highest BCUT2D eigenvalue weighted by Gasteiger charge is 2.18. The summed E-state index contributed by atoms with van der Waals surface area (Å²) in [6, 6.07) is 0. The van der Waals surface area contributed by atoms with Crippen molar-refractivity contribution in [2.24, 2.45) is 0 Å². The van der Waals surface area contributed by atoms with Crippen molar-refractivity contribution in [1.82, 2.24) is 10.2 Å². The van der Waals surface area contributed by atoms with Crippen LogP contribution in [-0.2, 0) is 23.9 Å². The van der Waals surface area contributed by atoms with Crippen molar-refractivity contribution >= 4 is 17.8 Å². The number of unbranched alkanes of at least 4 members (excludes halogenated alkanes) is 22. The smallest absolute Gasteiger partial charge is 0.307 e. The number of esters is 2. The lowest BCUT2D eigenvalue weighted by Crippen LogP contribution is -2.39. The first-order valence-corrected chi connectivity index (χ1v) is 23.1. The van der Waals surface area contributed by atoms with Gasteiger partial charge in [0.05, 0.1) is 6.61 Å². The molecule has 0 spiro atoms. The normalized spacial score (nSPS) is 12.2. The number of nitrogens with one attached hydrogen (secondary N) is 1. The molecule has 0 aromatic rings. The first-order chi connectivity index (χ1) is 26.5. The number of hydrogen-bond acceptors (Lipinski definition) is 6. The second-order valence-corrected chi connectivity index (χ2v) is 15.4. The minimum Gasteiger partial charge on any atom is -0.465 e. The van der Waals surface area contributed by atoms with Gasteiger partial charge in [-0.05, 0) is 90.3 Å². The van der Waals surface area contributed by atoms with Crippen molar-refractivity contribution in [3.8, 4) is 0 Å². The van der Waals surface area contributed by atoms with E-state index in [1.165, 1.54) is 116 Å². The third-order valence-electron chi connectivity index (χ3n) is 10.3. The fraction of sp³-hybridized carbons (Fsp3) is 0.851. The molecule has 1 atom stereocenters. The van der Waals surface area contributed by atoms with Gasteiger partial charge in [0.15, 0.2) is 6.23 Å². The molecule has 0 bridgehead atoms. The zero-order chi connectivity index (χ0) is 39.6. The van der Waals surface area contributed by atoms with Crippen molar-refractivity contribution in [1.29, 1.82) is 0 Å². The zero-order valence-electron chi connectivity index (χ0n) is 36.1. The highest BCUT2D eigenvalue weighted by atomic mass is 16.6. The minimum atomic E-state index is -0.783. The highest BCUT2D eigenvalue weighted by Crippen LogP contribution is 2.13. The maximum absolute atomic E-state index is 12.7. The van der Waals surface area contributed by atoms with Crippen LogP contribution in [0.5, 0.6) is 0 Å². The summed E-state index contributed by atoms with van der Waals surface area (Å²) in [7, 11) is 0. The lowest BCUT2D eigenvalue weighted by atomic mass is 10.1. The van der Waals surface area contributed by atoms with E-state index in [1.807, 2.05) is 0 Å². The summed E-state index contributed by atoms with van der Waals surface area (Å²) >= 11 is 0. The number of ether oxygens (including phenoxy) is 2. The van der Waals surface area contributed by atoms with Crippen LogP contribution in [0.4, 0.5) is 0 Å². The Labute approximate surface area is 334 Å². The van der Waals surface area contributed by atoms with Crippen LogP contribution in [0.1, 0.15) is 227 Å². The summed E-state index contributed by atoms with van der Waals surface area (Å²) in [6.45, 7) is 11.6. The van der Waals surface area contributed by atoms with Gasteiger partial charge in [0, 0.05) is 25.7 Å². The van der Waals surface area contributed by atoms with Crippen LogP contribution in [0.3, 0.4) is 0 Å². The molecule has 0 aromatic heterocycles. The molecule has 0 radical (unpaired) electrons. The fourth-order valence-corrected chi connectivity index (χ4v) is 6.67. The molecule has 316 valence electrons. The predicted molar refractivity (Wildman–Crippen MR) is 230 cm³/mol. The van der Waals surface area contributed by atoms with Gasteiger partial charge in [-0.25, -0.2) is 0 Å². The lowest BCUT2D eigenvalue weighted by Gasteiger charge is -2.20. The maximum atomic E-state index is 12.7. The topological polar surface area (TPSA) is 84.9 Å². The number of amides is 1. The molecule has 0 aromatic carbocycles. The van der Waals surface area contributed by atoms with Crippen LogP contribution in [0, 0.1) is 0 Å². The van der Waals surface area contributed by atoms with Crippen LogP contribution < -0.4 is 5.32 Å². The van der Waals surface area contributed by atoms with E-state index in [-0.39, 0.29) is 30.9 Å². The predicted octanol–water partition coefficient (Wildman–Crippen LogP) is 13.1. The third-order valence-corrected chi connectivity index (χ3v) is 10.3. The quantitative estimate of drug-likeness (QED) is 0.0289. The number of rotatable bonds is 41. The van der Waals surface area contributed by atoms with Crippen molar-refractivity contribution in [2.75, 3.05) is 26.2 Å². The van der Waals surface area contributed by atoms with Crippen molar-refractivity contribution in [2.45, 2.75) is 233 Å². The zero-order valence-corrected chi connectivity index (χ0v) is 36.1. The van der Waals surface area contributed by atoms with Gasteiger partial charge in [-0.15, -0.1) is 0 Å². The molecule has 54 heavy (non-hydrogen) atoms. The van der Waals surface area contributed by atoms with Crippen LogP contribution in [0.2, 0.25) is 0 Å². The van der Waals surface area contributed by atoms with Gasteiger partial charge in [-0.1, -0.05) is 155 Å². The summed E-state index contributed by atoms with van der Waals surface area (Å²) < 4.78 is 11.2. The highest BCUT2D eigenvalue weighted by molar-refractivity contribution is 5.76. The van der Waals surface area contributed by atoms with E-state index in [1.54, 1.807) is 0 Å². The number of carbonyl (C=O) groups excluding carboxylic acids is 3. The van der Waals surface area contributed by atoms with Gasteiger partial charge in [0.2, 0.25) is 5.91 Å². The van der Waals surface area contributed by atoms with E-state index in [9.17, 15) is 14.4 Å². The molecule has 0 saturated heterocycles. The first kappa shape index (κ1) is 51.9. The Hall–Kier alpha value is -2.15. The molecule has 1 amide bonds. The Morgan fingerprint density at radius 3 is 1.35 bits per heavy atom. The number of nitrogens with zero attached hydrogens (tertiary/aromatic N) is 1. The molecule has 0 fully saturated rings. The Bertz CT molecular complexity index is 901. The van der Waals surface area contributed by atoms with Crippen LogP contribution in [0.15, 0.2) is 24.3 Å². The molecule has 0 aliphatic rings. The van der Waals surface area contributed by atoms with Gasteiger partial charge in [-0.3, -0.25) is 14.4 Å². The molecule has 0 aliphatic carbocycles. The number of carbonyl (C=O) groups is 3. The molecule has 0 aliphatic heterocycles. The Morgan fingerprint density at radius 1 is 0.500 bits per heavy atom. The van der Waals surface area contributed by atoms with Gasteiger partial charge in [-0.2, -0.15) is 0 Å². The molecule has 0 heterocycles. The minimum absolute atomic E-state index is 0.120. The molecule has 1 unspecified atom stereocenters. The lowest BCUT2D eigenvalue weighted by molar-refractivity contribution is -0.154. The number of allylic oxidation sites excluding steroid dienone is 4. The van der Waals surface area contributed by atoms with Crippen molar-refractivity contribution in [3.63, 3.8) is 0 Å². The second-order valence-electron chi connectivity index (χ2n) is 15.4. The number of hydrogen-bond donors (Lipinski definition) is 1. The second kappa shape index (κ2) is 42.0. The molecule has 0 saturated carbocycles. The van der Waals surface area contributed by atoms with Gasteiger partial charge >= 0.3 is 11.9 Å². The Morgan fingerprint density at radius 2 is 0.907 bits per heavy atom. The standard InChI is InChI=1S/C47H88N2O5/c1-5-9-11-13-15-17-19-21-23-25-27-29-31-33-35-39-46(51)53-43-41-45(48-44(50)38-37-42-49(7-3)8-4)54-47(52)40-36-34-32-30-28-26-24-22-20-18-16-14-12-10-6-2/h21-24,45H,5-20,25-43H2,1-4H3,(H,48,50). The average Bonchev–Trinajstić information content (AvgIpc) is 3.16. The van der Waals surface area contributed by atoms with Crippen LogP contribution >= 0.6 is 0 Å². The third kappa shape index (κ3) is 38.1. The average molecular weight is 761 g/mol. The van der Waals surface area contributed by atoms with E-state index < -0.39 is 6.23 Å². The van der Waals surface area contributed by atoms with E-state index in [0.29, 0.717) is 19.3 Å². The van der Waals surface area contributed by atoms with Crippen LogP contribution in [0.25, 0.3) is 0 Å². The van der Waals surface area contributed by atoms with E-state index in [4.69, 9.17) is 9.47 Å². The van der Waals surface area contributed by atoms with Crippen LogP contribution in [-0.4, -0.2) is 55.2 Å². The van der Waals surface area contributed by atoms with Gasteiger partial charge < -0.3 is 19.7 Å². The molecular weight excluding hydrogens is 673 g/mol. The SMILES string of the molecule is CCCCCCCCC=CCCCCCCCC(=O)OCCC(NC(=O)CCCN(CC)CC)OC(=O)CCCCCCCC=CCCCCCCCC. The Balaban J connectivity index is 4.26. The molecule has 0 rings (SSSR count). The summed E-state index contributed by atoms with van der Waals surface area (Å²) in [5, 5.41) is 2.88. The summed E-state index contributed by atoms with van der Waals surface area (Å²) in [6.07, 6.45) is 42.2. The largest absolute Gasteiger partial charge is 0.465 e. The Kier molecular flexibility index (Phi) is 40.3. The first-order valence-electron chi connectivity index (χ1n) is 23.1. The van der Waals surface area contributed by atoms with Gasteiger partial charge in [0.25, 0.3) is 0 Å². The molecular formula is C47H88N2O5. The molecule has 1 N–H and O–H groups in total. The van der Waals surface area contributed by atoms with Crippen molar-refractivity contribution < 1.29 is 23.9 Å². The van der Waals surface area contributed by atoms with Gasteiger partial charge in [0.1, 0.15) is 0 Å². The van der Waals surface area contributed by atoms with E-state index >= 15 is 0 Å². The molecule has 7 heteroatoms. The fourth-order valence-electron chi connectivity index (χ4n) is 6.67.